The number of carbonyl (C=O) groups is 1. The van der Waals surface area contributed by atoms with E-state index >= 15 is 0 Å². The van der Waals surface area contributed by atoms with E-state index in [0.717, 1.165) is 9.87 Å². The zero-order chi connectivity index (χ0) is 18.9. The highest BCUT2D eigenvalue weighted by atomic mass is 32.2. The van der Waals surface area contributed by atoms with Crippen LogP contribution in [0.3, 0.4) is 0 Å². The SMILES string of the molecule is COc1cc2c(cc1OC)CN(S(=O)(=O)c1ccccc1)[C@@H](C(=O)O)C2. The van der Waals surface area contributed by atoms with Gasteiger partial charge >= 0.3 is 5.97 Å². The topological polar surface area (TPSA) is 93.1 Å². The zero-order valence-corrected chi connectivity index (χ0v) is 15.2. The number of carboxylic acid groups (broad SMARTS) is 1. The third kappa shape index (κ3) is 3.13. The maximum Gasteiger partial charge on any atom is 0.322 e. The number of aliphatic carboxylic acids is 1. The number of rotatable bonds is 5. The molecule has 0 spiro atoms. The second-order valence-corrected chi connectivity index (χ2v) is 7.79. The Kier molecular flexibility index (Phi) is 4.88. The molecule has 1 N–H and O–H groups in total. The minimum absolute atomic E-state index is 0.0517. The number of methoxy groups -OCH3 is 2. The van der Waals surface area contributed by atoms with Crippen molar-refractivity contribution < 1.29 is 27.8 Å². The van der Waals surface area contributed by atoms with Crippen molar-refractivity contribution in [3.63, 3.8) is 0 Å². The summed E-state index contributed by atoms with van der Waals surface area (Å²) in [5.41, 5.74) is 1.43. The predicted octanol–water partition coefficient (Wildman–Crippen LogP) is 1.90. The van der Waals surface area contributed by atoms with E-state index < -0.39 is 22.0 Å². The van der Waals surface area contributed by atoms with Crippen molar-refractivity contribution in [2.45, 2.75) is 23.9 Å². The Labute approximate surface area is 151 Å². The van der Waals surface area contributed by atoms with Gasteiger partial charge in [0.25, 0.3) is 0 Å². The van der Waals surface area contributed by atoms with Gasteiger partial charge in [-0.2, -0.15) is 4.31 Å². The molecule has 0 saturated carbocycles. The van der Waals surface area contributed by atoms with Crippen molar-refractivity contribution in [2.24, 2.45) is 0 Å². The standard InChI is InChI=1S/C18H19NO6S/c1-24-16-9-12-8-15(18(20)21)19(11-13(12)10-17(16)25-2)26(22,23)14-6-4-3-5-7-14/h3-7,9-10,15H,8,11H2,1-2H3,(H,20,21)/t15-/m1/s1. The molecule has 0 saturated heterocycles. The summed E-state index contributed by atoms with van der Waals surface area (Å²) in [4.78, 5) is 11.8. The van der Waals surface area contributed by atoms with E-state index in [1.165, 1.54) is 26.4 Å². The van der Waals surface area contributed by atoms with Crippen LogP contribution < -0.4 is 9.47 Å². The minimum Gasteiger partial charge on any atom is -0.493 e. The highest BCUT2D eigenvalue weighted by molar-refractivity contribution is 7.89. The molecule has 1 heterocycles. The van der Waals surface area contributed by atoms with E-state index in [-0.39, 0.29) is 17.9 Å². The van der Waals surface area contributed by atoms with Gasteiger partial charge in [-0.3, -0.25) is 4.79 Å². The molecule has 0 unspecified atom stereocenters. The van der Waals surface area contributed by atoms with Gasteiger partial charge in [0.1, 0.15) is 6.04 Å². The summed E-state index contributed by atoms with van der Waals surface area (Å²) < 4.78 is 37.5. The fourth-order valence-electron chi connectivity index (χ4n) is 3.08. The van der Waals surface area contributed by atoms with Crippen LogP contribution in [0.5, 0.6) is 11.5 Å². The molecule has 2 aromatic rings. The van der Waals surface area contributed by atoms with Crippen LogP contribution in [0.1, 0.15) is 11.1 Å². The monoisotopic (exact) mass is 377 g/mol. The maximum absolute atomic E-state index is 13.0. The lowest BCUT2D eigenvalue weighted by molar-refractivity contribution is -0.141. The van der Waals surface area contributed by atoms with Gasteiger partial charge in [-0.25, -0.2) is 8.42 Å². The molecular formula is C18H19NO6S. The number of nitrogens with zero attached hydrogens (tertiary/aromatic N) is 1. The molecule has 26 heavy (non-hydrogen) atoms. The molecule has 3 rings (SSSR count). The van der Waals surface area contributed by atoms with E-state index in [4.69, 9.17) is 9.47 Å². The Hall–Kier alpha value is -2.58. The summed E-state index contributed by atoms with van der Waals surface area (Å²) in [7, 11) is -0.968. The first-order valence-electron chi connectivity index (χ1n) is 7.92. The number of carboxylic acids is 1. The van der Waals surface area contributed by atoms with Crippen molar-refractivity contribution in [1.29, 1.82) is 0 Å². The number of hydrogen-bond donors (Lipinski definition) is 1. The molecule has 138 valence electrons. The lowest BCUT2D eigenvalue weighted by atomic mass is 9.95. The molecule has 1 aliphatic heterocycles. The summed E-state index contributed by atoms with van der Waals surface area (Å²) in [5, 5.41) is 9.61. The molecule has 0 amide bonds. The first kappa shape index (κ1) is 18.2. The molecule has 1 atom stereocenters. The molecule has 0 aliphatic carbocycles. The Morgan fingerprint density at radius 2 is 1.65 bits per heavy atom. The molecule has 8 heteroatoms. The number of sulfonamides is 1. The van der Waals surface area contributed by atoms with E-state index in [2.05, 4.69) is 0 Å². The van der Waals surface area contributed by atoms with Crippen LogP contribution in [0.4, 0.5) is 0 Å². The van der Waals surface area contributed by atoms with E-state index in [1.54, 1.807) is 30.3 Å². The van der Waals surface area contributed by atoms with Gasteiger partial charge in [-0.1, -0.05) is 18.2 Å². The largest absolute Gasteiger partial charge is 0.493 e. The quantitative estimate of drug-likeness (QED) is 0.856. The van der Waals surface area contributed by atoms with Crippen LogP contribution in [0.15, 0.2) is 47.4 Å². The molecule has 2 aromatic carbocycles. The second kappa shape index (κ2) is 6.97. The van der Waals surface area contributed by atoms with Gasteiger partial charge in [0, 0.05) is 13.0 Å². The van der Waals surface area contributed by atoms with Crippen LogP contribution in [0.25, 0.3) is 0 Å². The Balaban J connectivity index is 2.09. The Morgan fingerprint density at radius 3 is 2.19 bits per heavy atom. The minimum atomic E-state index is -3.95. The van der Waals surface area contributed by atoms with Crippen LogP contribution >= 0.6 is 0 Å². The summed E-state index contributed by atoms with van der Waals surface area (Å²) in [6.07, 6.45) is 0.0527. The van der Waals surface area contributed by atoms with Gasteiger partial charge in [0.2, 0.25) is 10.0 Å². The van der Waals surface area contributed by atoms with Gasteiger partial charge in [0.15, 0.2) is 11.5 Å². The number of benzene rings is 2. The van der Waals surface area contributed by atoms with Crippen molar-refractivity contribution >= 4 is 16.0 Å². The summed E-state index contributed by atoms with van der Waals surface area (Å²) in [5.74, 6) is -0.239. The van der Waals surface area contributed by atoms with E-state index in [9.17, 15) is 18.3 Å². The number of ether oxygens (including phenoxy) is 2. The van der Waals surface area contributed by atoms with Gasteiger partial charge < -0.3 is 14.6 Å². The first-order chi connectivity index (χ1) is 12.4. The summed E-state index contributed by atoms with van der Waals surface area (Å²) in [6, 6.07) is 10.0. The predicted molar refractivity (Wildman–Crippen MR) is 93.8 cm³/mol. The summed E-state index contributed by atoms with van der Waals surface area (Å²) >= 11 is 0. The summed E-state index contributed by atoms with van der Waals surface area (Å²) in [6.45, 7) is -0.0517. The van der Waals surface area contributed by atoms with Crippen LogP contribution in [0, 0.1) is 0 Å². The Morgan fingerprint density at radius 1 is 1.08 bits per heavy atom. The lowest BCUT2D eigenvalue weighted by Crippen LogP contribution is -2.48. The fourth-order valence-corrected chi connectivity index (χ4v) is 4.66. The lowest BCUT2D eigenvalue weighted by Gasteiger charge is -2.33. The third-order valence-corrected chi connectivity index (χ3v) is 6.30. The highest BCUT2D eigenvalue weighted by Gasteiger charge is 2.40. The van der Waals surface area contributed by atoms with Crippen LogP contribution in [-0.2, 0) is 27.8 Å². The maximum atomic E-state index is 13.0. The third-order valence-electron chi connectivity index (χ3n) is 4.43. The van der Waals surface area contributed by atoms with E-state index in [1.807, 2.05) is 0 Å². The molecule has 1 aliphatic rings. The molecule has 0 aromatic heterocycles. The normalized spacial score (nSPS) is 17.4. The number of hydrogen-bond acceptors (Lipinski definition) is 5. The van der Waals surface area contributed by atoms with Crippen molar-refractivity contribution in [1.82, 2.24) is 4.31 Å². The van der Waals surface area contributed by atoms with Crippen LogP contribution in [0.2, 0.25) is 0 Å². The Bertz CT molecular complexity index is 926. The van der Waals surface area contributed by atoms with Crippen molar-refractivity contribution in [3.05, 3.63) is 53.6 Å². The second-order valence-electron chi connectivity index (χ2n) is 5.90. The van der Waals surface area contributed by atoms with Crippen molar-refractivity contribution in [2.75, 3.05) is 14.2 Å². The molecule has 0 fully saturated rings. The average molecular weight is 377 g/mol. The molecule has 0 radical (unpaired) electrons. The zero-order valence-electron chi connectivity index (χ0n) is 14.4. The van der Waals surface area contributed by atoms with Crippen molar-refractivity contribution in [3.8, 4) is 11.5 Å². The fraction of sp³-hybridized carbons (Fsp3) is 0.278. The molecular weight excluding hydrogens is 358 g/mol. The molecule has 0 bridgehead atoms. The average Bonchev–Trinajstić information content (AvgIpc) is 2.66. The van der Waals surface area contributed by atoms with Crippen LogP contribution in [-0.4, -0.2) is 44.1 Å². The van der Waals surface area contributed by atoms with Gasteiger partial charge in [0.05, 0.1) is 19.1 Å². The van der Waals surface area contributed by atoms with Gasteiger partial charge in [-0.05, 0) is 35.4 Å². The number of fused-ring (bicyclic) bond motifs is 1. The smallest absolute Gasteiger partial charge is 0.322 e. The first-order valence-corrected chi connectivity index (χ1v) is 9.36. The van der Waals surface area contributed by atoms with Gasteiger partial charge in [-0.15, -0.1) is 0 Å². The molecule has 7 nitrogen and oxygen atoms in total. The van der Waals surface area contributed by atoms with E-state index in [0.29, 0.717) is 17.1 Å². The highest BCUT2D eigenvalue weighted by Crippen LogP contribution is 2.36.